The van der Waals surface area contributed by atoms with E-state index in [0.29, 0.717) is 18.4 Å². The molecule has 0 radical (unpaired) electrons. The highest BCUT2D eigenvalue weighted by atomic mass is 32.1. The highest BCUT2D eigenvalue weighted by molar-refractivity contribution is 7.09. The summed E-state index contributed by atoms with van der Waals surface area (Å²) in [7, 11) is 3.95. The van der Waals surface area contributed by atoms with Crippen molar-refractivity contribution in [3.8, 4) is 11.3 Å². The number of hydrogen-bond donors (Lipinski definition) is 0. The zero-order chi connectivity index (χ0) is 18.1. The molecule has 0 aliphatic carbocycles. The molecule has 0 spiro atoms. The Labute approximate surface area is 152 Å². The second-order valence-electron chi connectivity index (χ2n) is 6.60. The van der Waals surface area contributed by atoms with E-state index in [1.165, 1.54) is 5.01 Å². The quantitative estimate of drug-likeness (QED) is 0.697. The summed E-state index contributed by atoms with van der Waals surface area (Å²) in [5.74, 6) is 1.15. The monoisotopic (exact) mass is 356 g/mol. The molecule has 25 heavy (non-hydrogen) atoms. The Balaban J connectivity index is 1.85. The highest BCUT2D eigenvalue weighted by Crippen LogP contribution is 2.26. The van der Waals surface area contributed by atoms with Crippen molar-refractivity contribution in [3.05, 3.63) is 39.7 Å². The third-order valence-corrected chi connectivity index (χ3v) is 5.41. The zero-order valence-electron chi connectivity index (χ0n) is 15.6. The van der Waals surface area contributed by atoms with Gasteiger partial charge in [-0.25, -0.2) is 15.0 Å². The standard InChI is InChI=1S/C18H24N6S/c1-11(2)17-20-14(10-25-17)9-23(5)18-19-8-7-15(21-18)16-12(3)22-24(6)13(16)4/h7-8,10-11H,9H2,1-6H3. The first kappa shape index (κ1) is 17.5. The molecule has 0 aliphatic heterocycles. The van der Waals surface area contributed by atoms with E-state index >= 15 is 0 Å². The molecular weight excluding hydrogens is 332 g/mol. The molecule has 0 unspecified atom stereocenters. The minimum atomic E-state index is 0.458. The van der Waals surface area contributed by atoms with Gasteiger partial charge in [-0.1, -0.05) is 13.8 Å². The fraction of sp³-hybridized carbons (Fsp3) is 0.444. The minimum absolute atomic E-state index is 0.458. The van der Waals surface area contributed by atoms with Gasteiger partial charge in [-0.2, -0.15) is 5.10 Å². The summed E-state index contributed by atoms with van der Waals surface area (Å²) in [4.78, 5) is 15.9. The predicted molar refractivity (Wildman–Crippen MR) is 102 cm³/mol. The lowest BCUT2D eigenvalue weighted by atomic mass is 10.1. The molecule has 3 heterocycles. The van der Waals surface area contributed by atoms with Crippen molar-refractivity contribution in [3.63, 3.8) is 0 Å². The SMILES string of the molecule is Cc1nn(C)c(C)c1-c1ccnc(N(C)Cc2csc(C(C)C)n2)n1. The molecule has 3 aromatic heterocycles. The summed E-state index contributed by atoms with van der Waals surface area (Å²) in [5.41, 5.74) is 5.12. The van der Waals surface area contributed by atoms with Crippen LogP contribution < -0.4 is 4.90 Å². The largest absolute Gasteiger partial charge is 0.338 e. The normalized spacial score (nSPS) is 11.3. The third-order valence-electron chi connectivity index (χ3n) is 4.21. The van der Waals surface area contributed by atoms with Crippen LogP contribution in [0.25, 0.3) is 11.3 Å². The summed E-state index contributed by atoms with van der Waals surface area (Å²) < 4.78 is 1.89. The van der Waals surface area contributed by atoms with Gasteiger partial charge in [0.1, 0.15) is 0 Å². The Morgan fingerprint density at radius 2 is 2.00 bits per heavy atom. The van der Waals surface area contributed by atoms with Gasteiger partial charge < -0.3 is 4.90 Å². The van der Waals surface area contributed by atoms with Crippen LogP contribution in [0.5, 0.6) is 0 Å². The van der Waals surface area contributed by atoms with Gasteiger partial charge in [0, 0.05) is 42.8 Å². The number of aromatic nitrogens is 5. The Hall–Kier alpha value is -2.28. The van der Waals surface area contributed by atoms with E-state index in [4.69, 9.17) is 9.97 Å². The Morgan fingerprint density at radius 3 is 2.60 bits per heavy atom. The fourth-order valence-electron chi connectivity index (χ4n) is 2.79. The van der Waals surface area contributed by atoms with Gasteiger partial charge in [-0.3, -0.25) is 4.68 Å². The van der Waals surface area contributed by atoms with E-state index in [-0.39, 0.29) is 0 Å². The summed E-state index contributed by atoms with van der Waals surface area (Å²) in [6.45, 7) is 9.09. The molecule has 132 valence electrons. The molecule has 0 fully saturated rings. The van der Waals surface area contributed by atoms with Gasteiger partial charge >= 0.3 is 0 Å². The Bertz CT molecular complexity index is 880. The summed E-state index contributed by atoms with van der Waals surface area (Å²) in [5, 5.41) is 7.77. The van der Waals surface area contributed by atoms with Crippen LogP contribution in [0.15, 0.2) is 17.6 Å². The van der Waals surface area contributed by atoms with Crippen LogP contribution in [0, 0.1) is 13.8 Å². The molecule has 0 saturated carbocycles. The van der Waals surface area contributed by atoms with Crippen molar-refractivity contribution in [1.82, 2.24) is 24.7 Å². The molecule has 6 nitrogen and oxygen atoms in total. The topological polar surface area (TPSA) is 59.7 Å². The average molecular weight is 356 g/mol. The first-order valence-electron chi connectivity index (χ1n) is 8.36. The molecule has 0 amide bonds. The van der Waals surface area contributed by atoms with Crippen LogP contribution in [-0.2, 0) is 13.6 Å². The van der Waals surface area contributed by atoms with Gasteiger partial charge in [-0.15, -0.1) is 11.3 Å². The fourth-order valence-corrected chi connectivity index (χ4v) is 3.62. The van der Waals surface area contributed by atoms with Gasteiger partial charge in [0.15, 0.2) is 0 Å². The van der Waals surface area contributed by atoms with Crippen LogP contribution in [0.1, 0.15) is 41.9 Å². The number of anilines is 1. The molecule has 0 aliphatic rings. The number of hydrogen-bond acceptors (Lipinski definition) is 6. The maximum Gasteiger partial charge on any atom is 0.225 e. The molecule has 0 bridgehead atoms. The van der Waals surface area contributed by atoms with E-state index in [1.807, 2.05) is 36.7 Å². The summed E-state index contributed by atoms with van der Waals surface area (Å²) in [6.07, 6.45) is 1.81. The van der Waals surface area contributed by atoms with Crippen LogP contribution in [0.4, 0.5) is 5.95 Å². The van der Waals surface area contributed by atoms with E-state index < -0.39 is 0 Å². The average Bonchev–Trinajstić information content (AvgIpc) is 3.13. The van der Waals surface area contributed by atoms with Crippen molar-refractivity contribution in [2.24, 2.45) is 7.05 Å². The summed E-state index contributed by atoms with van der Waals surface area (Å²) >= 11 is 1.71. The lowest BCUT2D eigenvalue weighted by molar-refractivity contribution is 0.731. The van der Waals surface area contributed by atoms with Crippen molar-refractivity contribution in [2.45, 2.75) is 40.2 Å². The van der Waals surface area contributed by atoms with Crippen LogP contribution in [-0.4, -0.2) is 31.8 Å². The number of nitrogens with zero attached hydrogens (tertiary/aromatic N) is 6. The lowest BCUT2D eigenvalue weighted by Crippen LogP contribution is -2.19. The number of thiazole rings is 1. The highest BCUT2D eigenvalue weighted by Gasteiger charge is 2.15. The van der Waals surface area contributed by atoms with Crippen LogP contribution >= 0.6 is 11.3 Å². The van der Waals surface area contributed by atoms with Crippen LogP contribution in [0.2, 0.25) is 0 Å². The first-order chi connectivity index (χ1) is 11.9. The van der Waals surface area contributed by atoms with E-state index in [2.05, 4.69) is 36.2 Å². The molecule has 0 aromatic carbocycles. The second-order valence-corrected chi connectivity index (χ2v) is 7.49. The first-order valence-corrected chi connectivity index (χ1v) is 9.23. The van der Waals surface area contributed by atoms with Crippen molar-refractivity contribution < 1.29 is 0 Å². The van der Waals surface area contributed by atoms with Crippen LogP contribution in [0.3, 0.4) is 0 Å². The third kappa shape index (κ3) is 3.56. The Morgan fingerprint density at radius 1 is 1.24 bits per heavy atom. The molecule has 3 rings (SSSR count). The number of aryl methyl sites for hydroxylation is 2. The van der Waals surface area contributed by atoms with E-state index in [9.17, 15) is 0 Å². The second kappa shape index (κ2) is 6.92. The summed E-state index contributed by atoms with van der Waals surface area (Å²) in [6, 6.07) is 1.94. The molecule has 0 N–H and O–H groups in total. The van der Waals surface area contributed by atoms with E-state index in [0.717, 1.165) is 28.3 Å². The molecule has 0 saturated heterocycles. The zero-order valence-corrected chi connectivity index (χ0v) is 16.4. The maximum absolute atomic E-state index is 4.75. The van der Waals surface area contributed by atoms with Crippen molar-refractivity contribution >= 4 is 17.3 Å². The van der Waals surface area contributed by atoms with Crippen molar-refractivity contribution in [2.75, 3.05) is 11.9 Å². The molecule has 0 atom stereocenters. The molecule has 7 heteroatoms. The molecule has 3 aromatic rings. The Kier molecular flexibility index (Phi) is 4.85. The van der Waals surface area contributed by atoms with Gasteiger partial charge in [0.05, 0.1) is 28.6 Å². The smallest absolute Gasteiger partial charge is 0.225 e. The number of rotatable bonds is 5. The molecular formula is C18H24N6S. The lowest BCUT2D eigenvalue weighted by Gasteiger charge is -2.16. The van der Waals surface area contributed by atoms with Gasteiger partial charge in [0.2, 0.25) is 5.95 Å². The minimum Gasteiger partial charge on any atom is -0.338 e. The van der Waals surface area contributed by atoms with E-state index in [1.54, 1.807) is 17.5 Å². The van der Waals surface area contributed by atoms with Crippen molar-refractivity contribution in [1.29, 1.82) is 0 Å². The van der Waals surface area contributed by atoms with Gasteiger partial charge in [0.25, 0.3) is 0 Å². The predicted octanol–water partition coefficient (Wildman–Crippen LogP) is 3.71. The maximum atomic E-state index is 4.75. The van der Waals surface area contributed by atoms with Gasteiger partial charge in [-0.05, 0) is 19.9 Å².